The summed E-state index contributed by atoms with van der Waals surface area (Å²) in [6.07, 6.45) is 0. The Bertz CT molecular complexity index is 855. The second kappa shape index (κ2) is 8.06. The third-order valence-electron chi connectivity index (χ3n) is 3.19. The predicted molar refractivity (Wildman–Crippen MR) is 104 cm³/mol. The molecular weight excluding hydrogens is 378 g/mol. The van der Waals surface area contributed by atoms with Gasteiger partial charge in [0.1, 0.15) is 0 Å². The highest BCUT2D eigenvalue weighted by molar-refractivity contribution is 8.02. The number of thiophene rings is 1. The molecule has 0 aliphatic rings. The van der Waals surface area contributed by atoms with E-state index >= 15 is 0 Å². The molecule has 1 aromatic carbocycles. The summed E-state index contributed by atoms with van der Waals surface area (Å²) in [5, 5.41) is 9.26. The van der Waals surface area contributed by atoms with Gasteiger partial charge in [-0.05, 0) is 42.7 Å². The number of nitrogens with zero attached hydrogens (tertiary/aromatic N) is 2. The van der Waals surface area contributed by atoms with Gasteiger partial charge in [-0.3, -0.25) is 4.79 Å². The molecular formula is C16H15N3OS4. The molecule has 0 unspecified atom stereocenters. The maximum atomic E-state index is 12.2. The lowest BCUT2D eigenvalue weighted by atomic mass is 10.3. The minimum Gasteiger partial charge on any atom is -0.350 e. The number of carbonyl (C=O) groups excluding carboxylic acids is 1. The standard InChI is InChI=1S/C16H15N3OS4/c1-11(14(20)17-10-13-8-5-9-22-13)23-15-18-19(16(21)24-15)12-6-3-2-4-7-12/h2-9,11H,10H2,1H3,(H,17,20)/t11-/m0/s1. The molecule has 1 amide bonds. The van der Waals surface area contributed by atoms with Crippen molar-refractivity contribution in [1.82, 2.24) is 15.1 Å². The van der Waals surface area contributed by atoms with Gasteiger partial charge in [0, 0.05) is 4.88 Å². The topological polar surface area (TPSA) is 46.9 Å². The van der Waals surface area contributed by atoms with Crippen LogP contribution in [0.25, 0.3) is 5.69 Å². The maximum absolute atomic E-state index is 12.2. The van der Waals surface area contributed by atoms with E-state index < -0.39 is 0 Å². The van der Waals surface area contributed by atoms with Gasteiger partial charge in [-0.25, -0.2) is 4.68 Å². The monoisotopic (exact) mass is 393 g/mol. The van der Waals surface area contributed by atoms with Crippen LogP contribution in [-0.2, 0) is 11.3 Å². The Labute approximate surface area is 157 Å². The summed E-state index contributed by atoms with van der Waals surface area (Å²) >= 11 is 9.87. The Morgan fingerprint density at radius 1 is 1.33 bits per heavy atom. The van der Waals surface area contributed by atoms with Crippen LogP contribution in [0.15, 0.2) is 52.2 Å². The molecule has 0 aliphatic carbocycles. The molecule has 2 heterocycles. The van der Waals surface area contributed by atoms with Gasteiger partial charge in [0.2, 0.25) is 5.91 Å². The Morgan fingerprint density at radius 3 is 2.83 bits per heavy atom. The van der Waals surface area contributed by atoms with Gasteiger partial charge in [-0.1, -0.05) is 47.4 Å². The predicted octanol–water partition coefficient (Wildman–Crippen LogP) is 4.52. The highest BCUT2D eigenvalue weighted by atomic mass is 32.2. The lowest BCUT2D eigenvalue weighted by Crippen LogP contribution is -2.30. The van der Waals surface area contributed by atoms with Crippen molar-refractivity contribution in [3.05, 3.63) is 56.7 Å². The summed E-state index contributed by atoms with van der Waals surface area (Å²) in [5.41, 5.74) is 0.931. The summed E-state index contributed by atoms with van der Waals surface area (Å²) in [7, 11) is 0. The van der Waals surface area contributed by atoms with Crippen LogP contribution in [0.4, 0.5) is 0 Å². The fourth-order valence-corrected chi connectivity index (χ4v) is 5.15. The molecule has 24 heavy (non-hydrogen) atoms. The summed E-state index contributed by atoms with van der Waals surface area (Å²) in [4.78, 5) is 13.4. The van der Waals surface area contributed by atoms with Crippen molar-refractivity contribution in [3.63, 3.8) is 0 Å². The molecule has 0 bridgehead atoms. The summed E-state index contributed by atoms with van der Waals surface area (Å²) < 4.78 is 3.20. The first kappa shape index (κ1) is 17.3. The van der Waals surface area contributed by atoms with Crippen molar-refractivity contribution in [1.29, 1.82) is 0 Å². The zero-order valence-corrected chi connectivity index (χ0v) is 16.1. The zero-order chi connectivity index (χ0) is 16.9. The number of amides is 1. The summed E-state index contributed by atoms with van der Waals surface area (Å²) in [6.45, 7) is 2.45. The molecule has 0 saturated heterocycles. The first-order valence-electron chi connectivity index (χ1n) is 7.26. The van der Waals surface area contributed by atoms with E-state index in [-0.39, 0.29) is 11.2 Å². The minimum atomic E-state index is -0.227. The van der Waals surface area contributed by atoms with E-state index in [1.165, 1.54) is 23.1 Å². The molecule has 0 fully saturated rings. The normalized spacial score (nSPS) is 12.0. The second-order valence-corrected chi connectivity index (χ2v) is 9.18. The highest BCUT2D eigenvalue weighted by Crippen LogP contribution is 2.27. The molecule has 0 spiro atoms. The smallest absolute Gasteiger partial charge is 0.233 e. The van der Waals surface area contributed by atoms with Crippen LogP contribution >= 0.6 is 46.7 Å². The Kier molecular flexibility index (Phi) is 5.83. The number of carbonyl (C=O) groups is 1. The number of rotatable bonds is 6. The van der Waals surface area contributed by atoms with Crippen LogP contribution in [0.1, 0.15) is 11.8 Å². The third kappa shape index (κ3) is 4.32. The average Bonchev–Trinajstić information content (AvgIpc) is 3.23. The van der Waals surface area contributed by atoms with Crippen molar-refractivity contribution >= 4 is 52.6 Å². The van der Waals surface area contributed by atoms with Gasteiger partial charge in [0.15, 0.2) is 8.29 Å². The molecule has 1 atom stereocenters. The molecule has 0 saturated carbocycles. The number of thioether (sulfide) groups is 1. The molecule has 0 radical (unpaired) electrons. The molecule has 3 aromatic rings. The molecule has 3 rings (SSSR count). The largest absolute Gasteiger partial charge is 0.350 e. The van der Waals surface area contributed by atoms with Gasteiger partial charge in [-0.15, -0.1) is 16.4 Å². The van der Waals surface area contributed by atoms with Gasteiger partial charge in [0.05, 0.1) is 17.5 Å². The molecule has 4 nitrogen and oxygen atoms in total. The third-order valence-corrected chi connectivity index (χ3v) is 6.49. The van der Waals surface area contributed by atoms with Gasteiger partial charge >= 0.3 is 0 Å². The van der Waals surface area contributed by atoms with Crippen LogP contribution < -0.4 is 5.32 Å². The van der Waals surface area contributed by atoms with E-state index in [1.54, 1.807) is 16.0 Å². The molecule has 2 aromatic heterocycles. The Hall–Kier alpha value is -1.48. The number of hydrogen-bond acceptors (Lipinski definition) is 6. The zero-order valence-electron chi connectivity index (χ0n) is 12.8. The Morgan fingerprint density at radius 2 is 2.12 bits per heavy atom. The molecule has 0 aliphatic heterocycles. The van der Waals surface area contributed by atoms with Gasteiger partial charge in [-0.2, -0.15) is 0 Å². The van der Waals surface area contributed by atoms with Crippen LogP contribution in [0.2, 0.25) is 0 Å². The SMILES string of the molecule is C[C@H](Sc1nn(-c2ccccc2)c(=S)s1)C(=O)NCc1cccs1. The van der Waals surface area contributed by atoms with Crippen LogP contribution in [0.5, 0.6) is 0 Å². The number of aromatic nitrogens is 2. The summed E-state index contributed by atoms with van der Waals surface area (Å²) in [5.74, 6) is 0.000722. The maximum Gasteiger partial charge on any atom is 0.233 e. The first-order chi connectivity index (χ1) is 11.6. The second-order valence-electron chi connectivity index (χ2n) is 4.94. The van der Waals surface area contributed by atoms with E-state index in [1.807, 2.05) is 54.8 Å². The van der Waals surface area contributed by atoms with Crippen molar-refractivity contribution in [2.75, 3.05) is 0 Å². The van der Waals surface area contributed by atoms with Crippen LogP contribution in [-0.4, -0.2) is 20.9 Å². The fourth-order valence-electron chi connectivity index (χ4n) is 1.98. The van der Waals surface area contributed by atoms with Crippen molar-refractivity contribution < 1.29 is 4.79 Å². The van der Waals surface area contributed by atoms with E-state index in [2.05, 4.69) is 10.4 Å². The van der Waals surface area contributed by atoms with Crippen molar-refractivity contribution in [2.45, 2.75) is 23.1 Å². The van der Waals surface area contributed by atoms with Crippen molar-refractivity contribution in [2.24, 2.45) is 0 Å². The Balaban J connectivity index is 1.63. The van der Waals surface area contributed by atoms with Gasteiger partial charge in [0.25, 0.3) is 0 Å². The van der Waals surface area contributed by atoms with Crippen LogP contribution in [0.3, 0.4) is 0 Å². The minimum absolute atomic E-state index is 0.000722. The van der Waals surface area contributed by atoms with E-state index in [0.717, 1.165) is 14.9 Å². The average molecular weight is 394 g/mol. The lowest BCUT2D eigenvalue weighted by molar-refractivity contribution is -0.120. The number of nitrogens with one attached hydrogen (secondary N) is 1. The number of hydrogen-bond donors (Lipinski definition) is 1. The van der Waals surface area contributed by atoms with Crippen molar-refractivity contribution in [3.8, 4) is 5.69 Å². The highest BCUT2D eigenvalue weighted by Gasteiger charge is 2.17. The van der Waals surface area contributed by atoms with Crippen LogP contribution in [0, 0.1) is 3.95 Å². The molecule has 1 N–H and O–H groups in total. The molecule has 124 valence electrons. The van der Waals surface area contributed by atoms with E-state index in [0.29, 0.717) is 10.5 Å². The molecule has 8 heteroatoms. The number of para-hydroxylation sites is 1. The first-order valence-corrected chi connectivity index (χ1v) is 10.2. The van der Waals surface area contributed by atoms with Gasteiger partial charge < -0.3 is 5.32 Å². The van der Waals surface area contributed by atoms with E-state index in [4.69, 9.17) is 12.2 Å². The summed E-state index contributed by atoms with van der Waals surface area (Å²) in [6, 6.07) is 13.8. The quantitative estimate of drug-likeness (QED) is 0.494. The number of benzene rings is 1. The van der Waals surface area contributed by atoms with E-state index in [9.17, 15) is 4.79 Å². The lowest BCUT2D eigenvalue weighted by Gasteiger charge is -2.09. The fraction of sp³-hybridized carbons (Fsp3) is 0.188.